The summed E-state index contributed by atoms with van der Waals surface area (Å²) in [6.45, 7) is 0. The molecule has 0 fully saturated rings. The molecule has 0 amide bonds. The van der Waals surface area contributed by atoms with E-state index in [1.807, 2.05) is 0 Å². The number of carboxylic acid groups (broad SMARTS) is 1. The molecule has 17 heavy (non-hydrogen) atoms. The van der Waals surface area contributed by atoms with Gasteiger partial charge in [0.05, 0.1) is 0 Å². The van der Waals surface area contributed by atoms with Crippen molar-refractivity contribution in [2.24, 2.45) is 0 Å². The molecule has 1 N–H and O–H groups in total. The SMILES string of the molecule is O=C(O)c1nnsc1C(=O)Oc1ccccc1. The molecule has 0 bridgehead atoms. The van der Waals surface area contributed by atoms with Crippen LogP contribution in [0.25, 0.3) is 0 Å². The van der Waals surface area contributed by atoms with Crippen molar-refractivity contribution >= 4 is 23.5 Å². The van der Waals surface area contributed by atoms with E-state index < -0.39 is 17.6 Å². The molecule has 86 valence electrons. The summed E-state index contributed by atoms with van der Waals surface area (Å²) in [5.74, 6) is -1.75. The van der Waals surface area contributed by atoms with Gasteiger partial charge in [-0.25, -0.2) is 9.59 Å². The Bertz CT molecular complexity index is 552. The monoisotopic (exact) mass is 250 g/mol. The number of esters is 1. The molecule has 2 rings (SSSR count). The molecule has 0 aliphatic heterocycles. The number of hydrogen-bond donors (Lipinski definition) is 1. The number of rotatable bonds is 3. The van der Waals surface area contributed by atoms with Crippen LogP contribution in [0.2, 0.25) is 0 Å². The van der Waals surface area contributed by atoms with Crippen LogP contribution in [-0.2, 0) is 0 Å². The molecule has 0 saturated heterocycles. The number of carboxylic acids is 1. The largest absolute Gasteiger partial charge is 0.476 e. The minimum Gasteiger partial charge on any atom is -0.476 e. The normalized spacial score (nSPS) is 9.88. The lowest BCUT2D eigenvalue weighted by Crippen LogP contribution is -2.12. The third kappa shape index (κ3) is 2.45. The second-order valence-corrected chi connectivity index (χ2v) is 3.71. The molecule has 2 aromatic rings. The van der Waals surface area contributed by atoms with E-state index in [2.05, 4.69) is 9.59 Å². The zero-order valence-electron chi connectivity index (χ0n) is 8.36. The van der Waals surface area contributed by atoms with Gasteiger partial charge in [0, 0.05) is 0 Å². The molecule has 1 aromatic carbocycles. The van der Waals surface area contributed by atoms with E-state index in [0.29, 0.717) is 17.3 Å². The highest BCUT2D eigenvalue weighted by Crippen LogP contribution is 2.16. The van der Waals surface area contributed by atoms with E-state index in [9.17, 15) is 9.59 Å². The average Bonchev–Trinajstić information content (AvgIpc) is 2.79. The van der Waals surface area contributed by atoms with Crippen LogP contribution in [0.15, 0.2) is 30.3 Å². The highest BCUT2D eigenvalue weighted by Gasteiger charge is 2.23. The van der Waals surface area contributed by atoms with Gasteiger partial charge in [0.1, 0.15) is 5.75 Å². The molecular weight excluding hydrogens is 244 g/mol. The van der Waals surface area contributed by atoms with E-state index in [0.717, 1.165) is 0 Å². The summed E-state index contributed by atoms with van der Waals surface area (Å²) >= 11 is 0.689. The van der Waals surface area contributed by atoms with Crippen molar-refractivity contribution in [3.63, 3.8) is 0 Å². The summed E-state index contributed by atoms with van der Waals surface area (Å²) < 4.78 is 8.39. The van der Waals surface area contributed by atoms with Crippen molar-refractivity contribution in [3.8, 4) is 5.75 Å². The first-order chi connectivity index (χ1) is 8.18. The van der Waals surface area contributed by atoms with Gasteiger partial charge in [0.2, 0.25) is 0 Å². The Labute approximate surface area is 99.6 Å². The maximum absolute atomic E-state index is 11.6. The minimum atomic E-state index is -1.31. The third-order valence-corrected chi connectivity index (χ3v) is 2.54. The quantitative estimate of drug-likeness (QED) is 0.655. The maximum atomic E-state index is 11.6. The number of aromatic nitrogens is 2. The van der Waals surface area contributed by atoms with E-state index in [-0.39, 0.29) is 4.88 Å². The van der Waals surface area contributed by atoms with Crippen LogP contribution in [-0.4, -0.2) is 26.6 Å². The van der Waals surface area contributed by atoms with Crippen LogP contribution >= 0.6 is 11.5 Å². The molecule has 0 saturated carbocycles. The summed E-state index contributed by atoms with van der Waals surface area (Å²) in [6, 6.07) is 8.35. The Morgan fingerprint density at radius 1 is 1.24 bits per heavy atom. The van der Waals surface area contributed by atoms with E-state index >= 15 is 0 Å². The number of benzene rings is 1. The summed E-state index contributed by atoms with van der Waals surface area (Å²) in [5, 5.41) is 12.1. The number of ether oxygens (including phenoxy) is 1. The van der Waals surface area contributed by atoms with Gasteiger partial charge in [0.15, 0.2) is 10.6 Å². The van der Waals surface area contributed by atoms with Crippen LogP contribution in [0.1, 0.15) is 20.2 Å². The Kier molecular flexibility index (Phi) is 3.10. The first kappa shape index (κ1) is 11.2. The van der Waals surface area contributed by atoms with Crippen LogP contribution in [0, 0.1) is 0 Å². The predicted molar refractivity (Wildman–Crippen MR) is 58.3 cm³/mol. The van der Waals surface area contributed by atoms with Gasteiger partial charge in [0.25, 0.3) is 0 Å². The highest BCUT2D eigenvalue weighted by molar-refractivity contribution is 7.08. The summed E-state index contributed by atoms with van der Waals surface area (Å²) in [6.07, 6.45) is 0. The van der Waals surface area contributed by atoms with Crippen molar-refractivity contribution in [1.29, 1.82) is 0 Å². The number of carbonyl (C=O) groups excluding carboxylic acids is 1. The van der Waals surface area contributed by atoms with Crippen LogP contribution in [0.3, 0.4) is 0 Å². The van der Waals surface area contributed by atoms with Gasteiger partial charge in [-0.2, -0.15) is 0 Å². The van der Waals surface area contributed by atoms with E-state index in [1.165, 1.54) is 0 Å². The van der Waals surface area contributed by atoms with Crippen LogP contribution < -0.4 is 4.74 Å². The minimum absolute atomic E-state index is 0.124. The van der Waals surface area contributed by atoms with Gasteiger partial charge >= 0.3 is 11.9 Å². The Balaban J connectivity index is 2.21. The summed E-state index contributed by atoms with van der Waals surface area (Å²) in [4.78, 5) is 22.3. The van der Waals surface area contributed by atoms with Crippen molar-refractivity contribution < 1.29 is 19.4 Å². The zero-order chi connectivity index (χ0) is 12.3. The fourth-order valence-corrected chi connectivity index (χ4v) is 1.64. The van der Waals surface area contributed by atoms with Gasteiger partial charge in [-0.15, -0.1) is 5.10 Å². The lowest BCUT2D eigenvalue weighted by Gasteiger charge is -2.01. The van der Waals surface area contributed by atoms with Crippen LogP contribution in [0.4, 0.5) is 0 Å². The fourth-order valence-electron chi connectivity index (χ4n) is 1.11. The molecule has 7 heteroatoms. The maximum Gasteiger partial charge on any atom is 0.358 e. The highest BCUT2D eigenvalue weighted by atomic mass is 32.1. The molecule has 1 aromatic heterocycles. The number of carbonyl (C=O) groups is 2. The zero-order valence-corrected chi connectivity index (χ0v) is 9.18. The van der Waals surface area contributed by atoms with Crippen molar-refractivity contribution in [2.75, 3.05) is 0 Å². The molecule has 0 spiro atoms. The number of nitrogens with zero attached hydrogens (tertiary/aromatic N) is 2. The van der Waals surface area contributed by atoms with Crippen molar-refractivity contribution in [2.45, 2.75) is 0 Å². The summed E-state index contributed by atoms with van der Waals surface area (Å²) in [7, 11) is 0. The van der Waals surface area contributed by atoms with Crippen molar-refractivity contribution in [3.05, 3.63) is 40.9 Å². The molecule has 0 radical (unpaired) electrons. The number of para-hydroxylation sites is 1. The second kappa shape index (κ2) is 4.71. The standard InChI is InChI=1S/C10H6N2O4S/c13-9(14)7-8(17-12-11-7)10(15)16-6-4-2-1-3-5-6/h1-5H,(H,13,14). The Hall–Kier alpha value is -2.28. The smallest absolute Gasteiger partial charge is 0.358 e. The average molecular weight is 250 g/mol. The predicted octanol–water partition coefficient (Wildman–Crippen LogP) is 1.46. The topological polar surface area (TPSA) is 89.4 Å². The molecule has 6 nitrogen and oxygen atoms in total. The van der Waals surface area contributed by atoms with Crippen molar-refractivity contribution in [1.82, 2.24) is 9.59 Å². The molecule has 1 heterocycles. The Morgan fingerprint density at radius 3 is 2.59 bits per heavy atom. The molecule has 0 unspecified atom stereocenters. The van der Waals surface area contributed by atoms with E-state index in [4.69, 9.17) is 9.84 Å². The summed E-state index contributed by atoms with van der Waals surface area (Å²) in [5.41, 5.74) is -0.393. The molecule has 0 aliphatic carbocycles. The second-order valence-electron chi connectivity index (χ2n) is 2.96. The van der Waals surface area contributed by atoms with Gasteiger partial charge in [-0.3, -0.25) is 0 Å². The molecular formula is C10H6N2O4S. The molecule has 0 aliphatic rings. The van der Waals surface area contributed by atoms with Gasteiger partial charge in [-0.05, 0) is 23.7 Å². The van der Waals surface area contributed by atoms with Gasteiger partial charge < -0.3 is 9.84 Å². The van der Waals surface area contributed by atoms with E-state index in [1.54, 1.807) is 30.3 Å². The number of hydrogen-bond acceptors (Lipinski definition) is 6. The lowest BCUT2D eigenvalue weighted by molar-refractivity contribution is 0.0665. The van der Waals surface area contributed by atoms with Gasteiger partial charge in [-0.1, -0.05) is 22.7 Å². The molecule has 0 atom stereocenters. The lowest BCUT2D eigenvalue weighted by atomic mass is 10.3. The first-order valence-corrected chi connectivity index (χ1v) is 5.28. The fraction of sp³-hybridized carbons (Fsp3) is 0. The van der Waals surface area contributed by atoms with Crippen LogP contribution in [0.5, 0.6) is 5.75 Å². The first-order valence-electron chi connectivity index (χ1n) is 4.51. The third-order valence-electron chi connectivity index (χ3n) is 1.83. The number of aromatic carboxylic acids is 1. The Morgan fingerprint density at radius 2 is 1.94 bits per heavy atom.